The van der Waals surface area contributed by atoms with E-state index >= 15 is 0 Å². The summed E-state index contributed by atoms with van der Waals surface area (Å²) in [7, 11) is -1.74. The molecule has 0 amide bonds. The minimum Gasteiger partial charge on any atom is -0.384 e. The number of aliphatic hydroxyl groups excluding tert-OH is 1. The molecule has 0 radical (unpaired) electrons. The molecule has 19 heavy (non-hydrogen) atoms. The van der Waals surface area contributed by atoms with Crippen molar-refractivity contribution in [3.8, 4) is 11.8 Å². The first-order valence-corrected chi connectivity index (χ1v) is 8.13. The Morgan fingerprint density at radius 3 is 2.58 bits per heavy atom. The van der Waals surface area contributed by atoms with Gasteiger partial charge in [-0.25, -0.2) is 12.7 Å². The van der Waals surface area contributed by atoms with E-state index in [9.17, 15) is 8.42 Å². The van der Waals surface area contributed by atoms with Gasteiger partial charge >= 0.3 is 0 Å². The van der Waals surface area contributed by atoms with Crippen molar-refractivity contribution < 1.29 is 13.5 Å². The maximum atomic E-state index is 12.2. The summed E-state index contributed by atoms with van der Waals surface area (Å²) in [5, 5.41) is 10.5. The van der Waals surface area contributed by atoms with Crippen molar-refractivity contribution in [3.63, 3.8) is 0 Å². The molecule has 1 rings (SSSR count). The van der Waals surface area contributed by atoms with E-state index in [1.54, 1.807) is 27.8 Å². The second-order valence-electron chi connectivity index (χ2n) is 5.15. The van der Waals surface area contributed by atoms with Crippen molar-refractivity contribution in [2.45, 2.75) is 32.1 Å². The fourth-order valence-corrected chi connectivity index (χ4v) is 3.49. The van der Waals surface area contributed by atoms with Crippen LogP contribution in [0, 0.1) is 11.8 Å². The average molecular weight is 301 g/mol. The first kappa shape index (κ1) is 16.2. The number of hydrogen-bond acceptors (Lipinski definition) is 4. The van der Waals surface area contributed by atoms with Crippen LogP contribution in [0.15, 0.2) is 11.4 Å². The van der Waals surface area contributed by atoms with Gasteiger partial charge in [0.2, 0.25) is 10.0 Å². The van der Waals surface area contributed by atoms with Gasteiger partial charge in [-0.05, 0) is 37.8 Å². The number of nitrogens with zero attached hydrogens (tertiary/aromatic N) is 1. The molecule has 1 N–H and O–H groups in total. The zero-order chi connectivity index (χ0) is 14.7. The van der Waals surface area contributed by atoms with Crippen molar-refractivity contribution in [1.29, 1.82) is 0 Å². The van der Waals surface area contributed by atoms with Crippen LogP contribution in [0.5, 0.6) is 0 Å². The summed E-state index contributed by atoms with van der Waals surface area (Å²) in [6.07, 6.45) is 0. The van der Waals surface area contributed by atoms with Gasteiger partial charge in [-0.2, -0.15) is 0 Å². The van der Waals surface area contributed by atoms with Gasteiger partial charge in [0.15, 0.2) is 0 Å². The third-order valence-electron chi connectivity index (χ3n) is 2.53. The minimum absolute atomic E-state index is 0.175. The third kappa shape index (κ3) is 4.05. The van der Waals surface area contributed by atoms with Gasteiger partial charge in [-0.3, -0.25) is 0 Å². The summed E-state index contributed by atoms with van der Waals surface area (Å²) in [6.45, 7) is 5.21. The van der Waals surface area contributed by atoms with Crippen LogP contribution in [0.4, 0.5) is 0 Å². The van der Waals surface area contributed by atoms with Gasteiger partial charge in [0.25, 0.3) is 0 Å². The fourth-order valence-electron chi connectivity index (χ4n) is 1.46. The molecule has 0 bridgehead atoms. The van der Waals surface area contributed by atoms with Crippen LogP contribution in [0.25, 0.3) is 0 Å². The molecule has 0 saturated heterocycles. The predicted octanol–water partition coefficient (Wildman–Crippen LogP) is 1.65. The fraction of sp³-hybridized carbons (Fsp3) is 0.538. The van der Waals surface area contributed by atoms with Crippen LogP contribution < -0.4 is 0 Å². The summed E-state index contributed by atoms with van der Waals surface area (Å²) in [5.74, 6) is 5.38. The van der Waals surface area contributed by atoms with Gasteiger partial charge in [0.1, 0.15) is 6.61 Å². The molecule has 0 aliphatic heterocycles. The molecule has 0 saturated carbocycles. The van der Waals surface area contributed by atoms with Crippen LogP contribution in [0.3, 0.4) is 0 Å². The topological polar surface area (TPSA) is 57.6 Å². The molecule has 1 aromatic rings. The molecular weight excluding hydrogens is 282 g/mol. The lowest BCUT2D eigenvalue weighted by atomic mass is 10.3. The summed E-state index contributed by atoms with van der Waals surface area (Å²) in [5.41, 5.74) is 0.905. The Hall–Kier alpha value is -0.870. The highest BCUT2D eigenvalue weighted by Gasteiger charge is 2.33. The molecule has 0 aromatic carbocycles. The van der Waals surface area contributed by atoms with Crippen LogP contribution in [0.1, 0.15) is 31.2 Å². The molecular formula is C13H19NO3S2. The first-order chi connectivity index (χ1) is 8.68. The molecule has 106 valence electrons. The van der Waals surface area contributed by atoms with Crippen molar-refractivity contribution in [1.82, 2.24) is 4.31 Å². The summed E-state index contributed by atoms with van der Waals surface area (Å²) >= 11 is 1.44. The number of aliphatic hydroxyl groups is 1. The number of hydrogen-bond donors (Lipinski definition) is 1. The molecule has 0 atom stereocenters. The quantitative estimate of drug-likeness (QED) is 0.864. The van der Waals surface area contributed by atoms with Gasteiger partial charge in [0, 0.05) is 13.6 Å². The standard InChI is InChI=1S/C13H19NO3S2/c1-13(2,3)19(16,17)14(4)9-11-8-12(18-10-11)6-5-7-15/h8,10,15H,7,9H2,1-4H3. The highest BCUT2D eigenvalue weighted by molar-refractivity contribution is 7.90. The zero-order valence-electron chi connectivity index (χ0n) is 11.6. The normalized spacial score (nSPS) is 12.3. The SMILES string of the molecule is CN(Cc1csc(C#CCO)c1)S(=O)(=O)C(C)(C)C. The van der Waals surface area contributed by atoms with Crippen LogP contribution in [0.2, 0.25) is 0 Å². The van der Waals surface area contributed by atoms with Crippen LogP contribution >= 0.6 is 11.3 Å². The Labute approximate surface area is 119 Å². The molecule has 0 fully saturated rings. The van der Waals surface area contributed by atoms with Crippen molar-refractivity contribution in [2.24, 2.45) is 0 Å². The zero-order valence-corrected chi connectivity index (χ0v) is 13.2. The second kappa shape index (κ2) is 6.06. The molecule has 0 aliphatic rings. The van der Waals surface area contributed by atoms with E-state index in [0.717, 1.165) is 10.4 Å². The first-order valence-electron chi connectivity index (χ1n) is 5.81. The molecule has 0 aliphatic carbocycles. The Morgan fingerprint density at radius 1 is 1.42 bits per heavy atom. The van der Waals surface area contributed by atoms with E-state index < -0.39 is 14.8 Å². The van der Waals surface area contributed by atoms with Crippen molar-refractivity contribution in [2.75, 3.05) is 13.7 Å². The Bertz CT molecular complexity index is 585. The third-order valence-corrected chi connectivity index (χ3v) is 5.93. The van der Waals surface area contributed by atoms with Gasteiger partial charge in [0.05, 0.1) is 9.62 Å². The largest absolute Gasteiger partial charge is 0.384 e. The summed E-state index contributed by atoms with van der Waals surface area (Å²) in [6, 6.07) is 1.85. The summed E-state index contributed by atoms with van der Waals surface area (Å²) in [4.78, 5) is 0.825. The molecule has 1 heterocycles. The van der Waals surface area contributed by atoms with Gasteiger partial charge < -0.3 is 5.11 Å². The Morgan fingerprint density at radius 2 is 2.05 bits per heavy atom. The van der Waals surface area contributed by atoms with Crippen molar-refractivity contribution in [3.05, 3.63) is 21.9 Å². The maximum absolute atomic E-state index is 12.2. The smallest absolute Gasteiger partial charge is 0.219 e. The highest BCUT2D eigenvalue weighted by atomic mass is 32.2. The monoisotopic (exact) mass is 301 g/mol. The lowest BCUT2D eigenvalue weighted by Crippen LogP contribution is -2.40. The molecule has 4 nitrogen and oxygen atoms in total. The van der Waals surface area contributed by atoms with E-state index in [4.69, 9.17) is 5.11 Å². The Balaban J connectivity index is 2.84. The van der Waals surface area contributed by atoms with E-state index in [-0.39, 0.29) is 6.61 Å². The molecule has 0 spiro atoms. The van der Waals surface area contributed by atoms with E-state index in [1.807, 2.05) is 11.4 Å². The van der Waals surface area contributed by atoms with E-state index in [1.165, 1.54) is 15.6 Å². The van der Waals surface area contributed by atoms with Gasteiger partial charge in [-0.1, -0.05) is 11.8 Å². The van der Waals surface area contributed by atoms with Crippen molar-refractivity contribution >= 4 is 21.4 Å². The van der Waals surface area contributed by atoms with Crippen LogP contribution in [-0.2, 0) is 16.6 Å². The highest BCUT2D eigenvalue weighted by Crippen LogP contribution is 2.22. The Kier molecular flexibility index (Phi) is 5.16. The number of rotatable bonds is 3. The van der Waals surface area contributed by atoms with E-state index in [2.05, 4.69) is 11.8 Å². The predicted molar refractivity (Wildman–Crippen MR) is 78.4 cm³/mol. The second-order valence-corrected chi connectivity index (χ2v) is 8.86. The lowest BCUT2D eigenvalue weighted by Gasteiger charge is -2.26. The minimum atomic E-state index is -3.32. The molecule has 1 aromatic heterocycles. The van der Waals surface area contributed by atoms with Gasteiger partial charge in [-0.15, -0.1) is 11.3 Å². The summed E-state index contributed by atoms with van der Waals surface area (Å²) < 4.78 is 25.0. The average Bonchev–Trinajstić information content (AvgIpc) is 2.72. The molecule has 0 unspecified atom stereocenters. The maximum Gasteiger partial charge on any atom is 0.219 e. The van der Waals surface area contributed by atoms with Crippen LogP contribution in [-0.4, -0.2) is 36.2 Å². The lowest BCUT2D eigenvalue weighted by molar-refractivity contribution is 0.350. The number of sulfonamides is 1. The van der Waals surface area contributed by atoms with E-state index in [0.29, 0.717) is 6.54 Å². The number of thiophene rings is 1. The molecule has 6 heteroatoms.